The summed E-state index contributed by atoms with van der Waals surface area (Å²) in [6, 6.07) is 11.6. The van der Waals surface area contributed by atoms with Gasteiger partial charge in [-0.25, -0.2) is 9.97 Å². The van der Waals surface area contributed by atoms with E-state index in [2.05, 4.69) is 0 Å². The third kappa shape index (κ3) is 1.76. The minimum atomic E-state index is -0.102. The number of benzene rings is 2. The highest BCUT2D eigenvalue weighted by molar-refractivity contribution is 7.18. The molecule has 8 aromatic rings. The Morgan fingerprint density at radius 1 is 0.656 bits per heavy atom. The van der Waals surface area contributed by atoms with Gasteiger partial charge in [0.25, 0.3) is 11.1 Å². The highest BCUT2D eigenvalue weighted by Gasteiger charge is 2.23. The normalized spacial score (nSPS) is 12.9. The van der Waals surface area contributed by atoms with Crippen LogP contribution in [0, 0.1) is 13.8 Å². The number of aryl methyl sites for hydroxylation is 2. The molecule has 0 atom stereocenters. The second-order valence-electron chi connectivity index (χ2n) is 8.32. The predicted octanol–water partition coefficient (Wildman–Crippen LogP) is 5.08. The van der Waals surface area contributed by atoms with Crippen LogP contribution in [-0.2, 0) is 0 Å². The lowest BCUT2D eigenvalue weighted by Crippen LogP contribution is -2.16. The van der Waals surface area contributed by atoms with Crippen LogP contribution >= 0.6 is 22.7 Å². The number of imidazole rings is 2. The van der Waals surface area contributed by atoms with Gasteiger partial charge < -0.3 is 0 Å². The monoisotopic (exact) mass is 452 g/mol. The molecule has 32 heavy (non-hydrogen) atoms. The number of hydrogen-bond acceptors (Lipinski definition) is 6. The molecular weight excluding hydrogens is 440 g/mol. The van der Waals surface area contributed by atoms with Crippen LogP contribution in [0.25, 0.3) is 64.3 Å². The van der Waals surface area contributed by atoms with Crippen LogP contribution in [0.15, 0.2) is 46.0 Å². The quantitative estimate of drug-likeness (QED) is 0.301. The molecular formula is C24H12N4O2S2. The fourth-order valence-electron chi connectivity index (χ4n) is 5.22. The fraction of sp³-hybridized carbons (Fsp3) is 0.0833. The highest BCUT2D eigenvalue weighted by atomic mass is 32.1. The van der Waals surface area contributed by atoms with Gasteiger partial charge >= 0.3 is 0 Å². The Labute approximate surface area is 186 Å². The van der Waals surface area contributed by atoms with E-state index in [0.717, 1.165) is 52.0 Å². The molecule has 152 valence electrons. The first kappa shape index (κ1) is 17.0. The van der Waals surface area contributed by atoms with Crippen molar-refractivity contribution in [1.29, 1.82) is 0 Å². The van der Waals surface area contributed by atoms with Crippen molar-refractivity contribution in [3.63, 3.8) is 0 Å². The van der Waals surface area contributed by atoms with Crippen LogP contribution in [0.4, 0.5) is 0 Å². The average molecular weight is 453 g/mol. The smallest absolute Gasteiger partial charge is 0.264 e. The average Bonchev–Trinajstić information content (AvgIpc) is 3.48. The van der Waals surface area contributed by atoms with Crippen molar-refractivity contribution in [2.45, 2.75) is 13.8 Å². The first-order chi connectivity index (χ1) is 15.5. The summed E-state index contributed by atoms with van der Waals surface area (Å²) in [6.07, 6.45) is 0. The molecule has 8 heteroatoms. The lowest BCUT2D eigenvalue weighted by Gasteiger charge is -2.11. The Kier molecular flexibility index (Phi) is 2.78. The van der Waals surface area contributed by atoms with Crippen LogP contribution in [0.2, 0.25) is 0 Å². The highest BCUT2D eigenvalue weighted by Crippen LogP contribution is 2.38. The van der Waals surface area contributed by atoms with E-state index in [-0.39, 0.29) is 11.1 Å². The van der Waals surface area contributed by atoms with Crippen LogP contribution < -0.4 is 11.1 Å². The van der Waals surface area contributed by atoms with Gasteiger partial charge in [-0.15, -0.1) is 22.7 Å². The Balaban J connectivity index is 1.71. The lowest BCUT2D eigenvalue weighted by molar-refractivity contribution is 1.18. The third-order valence-electron chi connectivity index (χ3n) is 6.46. The van der Waals surface area contributed by atoms with E-state index in [1.807, 2.05) is 50.2 Å². The number of pyridine rings is 2. The molecule has 0 aliphatic heterocycles. The molecule has 8 rings (SSSR count). The molecule has 6 heterocycles. The van der Waals surface area contributed by atoms with E-state index in [1.54, 1.807) is 31.5 Å². The van der Waals surface area contributed by atoms with Crippen LogP contribution in [0.3, 0.4) is 0 Å². The topological polar surface area (TPSA) is 68.7 Å². The molecule has 0 unspecified atom stereocenters. The van der Waals surface area contributed by atoms with Crippen molar-refractivity contribution in [3.8, 4) is 0 Å². The predicted molar refractivity (Wildman–Crippen MR) is 132 cm³/mol. The second kappa shape index (κ2) is 5.23. The molecule has 0 aliphatic carbocycles. The van der Waals surface area contributed by atoms with Crippen molar-refractivity contribution in [1.82, 2.24) is 18.8 Å². The SMILES string of the molecule is Cc1cc2c(nc3c4ccc5c(=O)n6c7cc(C)sc7nc6c6ccc(c(=O)n23)c4c56)s1. The summed E-state index contributed by atoms with van der Waals surface area (Å²) >= 11 is 3.17. The maximum absolute atomic E-state index is 13.6. The number of aromatic nitrogens is 4. The lowest BCUT2D eigenvalue weighted by atomic mass is 9.96. The Hall–Kier alpha value is -3.62. The number of thiophene rings is 2. The molecule has 6 aromatic heterocycles. The van der Waals surface area contributed by atoms with Crippen molar-refractivity contribution in [2.75, 3.05) is 0 Å². The van der Waals surface area contributed by atoms with Gasteiger partial charge in [0.1, 0.15) is 21.0 Å². The molecule has 0 amide bonds. The van der Waals surface area contributed by atoms with Gasteiger partial charge in [-0.3, -0.25) is 18.4 Å². The van der Waals surface area contributed by atoms with E-state index >= 15 is 0 Å². The van der Waals surface area contributed by atoms with Gasteiger partial charge in [0.2, 0.25) is 0 Å². The summed E-state index contributed by atoms with van der Waals surface area (Å²) in [5, 5.41) is 4.56. The van der Waals surface area contributed by atoms with Gasteiger partial charge in [-0.1, -0.05) is 0 Å². The van der Waals surface area contributed by atoms with Gasteiger partial charge in [-0.2, -0.15) is 0 Å². The summed E-state index contributed by atoms with van der Waals surface area (Å²) in [5.74, 6) is 0. The number of hydrogen-bond donors (Lipinski definition) is 0. The van der Waals surface area contributed by atoms with Crippen molar-refractivity contribution in [2.24, 2.45) is 0 Å². The Morgan fingerprint density at radius 3 is 1.50 bits per heavy atom. The summed E-state index contributed by atoms with van der Waals surface area (Å²) in [6.45, 7) is 4.04. The zero-order valence-corrected chi connectivity index (χ0v) is 18.5. The summed E-state index contributed by atoms with van der Waals surface area (Å²) in [7, 11) is 0. The van der Waals surface area contributed by atoms with Crippen molar-refractivity contribution >= 4 is 87.0 Å². The van der Waals surface area contributed by atoms with Crippen LogP contribution in [0.1, 0.15) is 9.75 Å². The molecule has 0 bridgehead atoms. The van der Waals surface area contributed by atoms with E-state index in [9.17, 15) is 9.59 Å². The molecule has 0 spiro atoms. The van der Waals surface area contributed by atoms with E-state index < -0.39 is 0 Å². The molecule has 0 fully saturated rings. The maximum Gasteiger partial charge on any atom is 0.264 e. The maximum atomic E-state index is 13.6. The fourth-order valence-corrected chi connectivity index (χ4v) is 6.94. The molecule has 0 radical (unpaired) electrons. The van der Waals surface area contributed by atoms with E-state index in [0.29, 0.717) is 22.1 Å². The molecule has 2 aromatic carbocycles. The summed E-state index contributed by atoms with van der Waals surface area (Å²) < 4.78 is 3.42. The van der Waals surface area contributed by atoms with Crippen molar-refractivity contribution in [3.05, 3.63) is 66.9 Å². The molecule has 0 aliphatic rings. The minimum Gasteiger partial charge on any atom is -0.268 e. The zero-order chi connectivity index (χ0) is 21.5. The number of fused-ring (bicyclic) bond motifs is 8. The third-order valence-corrected chi connectivity index (χ3v) is 8.33. The number of rotatable bonds is 0. The van der Waals surface area contributed by atoms with E-state index in [4.69, 9.17) is 9.97 Å². The van der Waals surface area contributed by atoms with Crippen molar-refractivity contribution < 1.29 is 0 Å². The van der Waals surface area contributed by atoms with Gasteiger partial charge in [0, 0.05) is 42.1 Å². The molecule has 0 N–H and O–H groups in total. The van der Waals surface area contributed by atoms with Gasteiger partial charge in [0.15, 0.2) is 0 Å². The molecule has 0 saturated carbocycles. The standard InChI is InChI=1S/C24H12N4O2S2/c1-9-7-15-21(31-9)25-19-11-3-6-14-18-12(4-5-13(17(11)18)23(29)27(15)19)20-26-22-16(8-10(2)32-22)28(20)24(14)30/h3-8H,1-2H3. The van der Waals surface area contributed by atoms with E-state index in [1.165, 1.54) is 0 Å². The summed E-state index contributed by atoms with van der Waals surface area (Å²) in [4.78, 5) is 40.8. The summed E-state index contributed by atoms with van der Waals surface area (Å²) in [5.41, 5.74) is 2.77. The Bertz CT molecular complexity index is 2060. The second-order valence-corrected chi connectivity index (χ2v) is 10.8. The minimum absolute atomic E-state index is 0.102. The molecule has 0 saturated heterocycles. The van der Waals surface area contributed by atoms with Crippen LogP contribution in [-0.4, -0.2) is 18.8 Å². The number of nitrogens with zero attached hydrogens (tertiary/aromatic N) is 4. The van der Waals surface area contributed by atoms with Gasteiger partial charge in [-0.05, 0) is 50.2 Å². The van der Waals surface area contributed by atoms with Gasteiger partial charge in [0.05, 0.1) is 11.0 Å². The molecule has 6 nitrogen and oxygen atoms in total. The first-order valence-electron chi connectivity index (χ1n) is 10.2. The largest absolute Gasteiger partial charge is 0.268 e. The zero-order valence-electron chi connectivity index (χ0n) is 16.9. The van der Waals surface area contributed by atoms with Crippen LogP contribution in [0.5, 0.6) is 0 Å². The Morgan fingerprint density at radius 2 is 1.06 bits per heavy atom. The first-order valence-corrected chi connectivity index (χ1v) is 11.8.